The molecule has 1 fully saturated rings. The molecule has 0 bridgehead atoms. The molecule has 1 aromatic carbocycles. The number of nitrogens with zero attached hydrogens (tertiary/aromatic N) is 1. The second-order valence-electron chi connectivity index (χ2n) is 10.00. The van der Waals surface area contributed by atoms with Gasteiger partial charge in [-0.25, -0.2) is 0 Å². The van der Waals surface area contributed by atoms with E-state index in [2.05, 4.69) is 64.8 Å². The van der Waals surface area contributed by atoms with E-state index >= 15 is 0 Å². The first-order chi connectivity index (χ1) is 15.3. The van der Waals surface area contributed by atoms with Gasteiger partial charge >= 0.3 is 0 Å². The quantitative estimate of drug-likeness (QED) is 0.501. The van der Waals surface area contributed by atoms with Crippen LogP contribution < -0.4 is 10.6 Å². The summed E-state index contributed by atoms with van der Waals surface area (Å²) in [6.07, 6.45) is 5.45. The molecule has 0 aliphatic carbocycles. The van der Waals surface area contributed by atoms with Crippen LogP contribution in [0.1, 0.15) is 69.7 Å². The maximum atomic E-state index is 13.2. The number of fused-ring (bicyclic) bond motifs is 1. The minimum atomic E-state index is -0.609. The number of carbonyl (C=O) groups is 1. The Hall–Kier alpha value is -2.66. The van der Waals surface area contributed by atoms with Crippen molar-refractivity contribution in [2.45, 2.75) is 71.3 Å². The third-order valence-corrected chi connectivity index (χ3v) is 6.81. The second-order valence-corrected chi connectivity index (χ2v) is 10.00. The lowest BCUT2D eigenvalue weighted by Crippen LogP contribution is -2.47. The van der Waals surface area contributed by atoms with Gasteiger partial charge in [-0.05, 0) is 81.5 Å². The van der Waals surface area contributed by atoms with Crippen molar-refractivity contribution >= 4 is 16.8 Å². The Bertz CT molecular complexity index is 1110. The van der Waals surface area contributed by atoms with E-state index in [4.69, 9.17) is 0 Å². The maximum absolute atomic E-state index is 13.2. The highest BCUT2D eigenvalue weighted by molar-refractivity contribution is 5.94. The summed E-state index contributed by atoms with van der Waals surface area (Å²) in [7, 11) is 0. The molecule has 5 heteroatoms. The number of pyridine rings is 1. The molecule has 1 aliphatic rings. The predicted octanol–water partition coefficient (Wildman–Crippen LogP) is 5.20. The van der Waals surface area contributed by atoms with E-state index < -0.39 is 5.41 Å². The number of nitrogens with one attached hydrogen (secondary N) is 3. The molecule has 170 valence electrons. The lowest BCUT2D eigenvalue weighted by atomic mass is 9.82. The van der Waals surface area contributed by atoms with Crippen LogP contribution in [0.15, 0.2) is 36.5 Å². The van der Waals surface area contributed by atoms with Gasteiger partial charge in [0.2, 0.25) is 5.91 Å². The highest BCUT2D eigenvalue weighted by Gasteiger charge is 2.31. The molecule has 1 unspecified atom stereocenters. The Morgan fingerprint density at radius 2 is 2.03 bits per heavy atom. The lowest BCUT2D eigenvalue weighted by Gasteiger charge is -2.28. The normalized spacial score (nSPS) is 17.1. The Labute approximate surface area is 191 Å². The van der Waals surface area contributed by atoms with Crippen LogP contribution in [-0.2, 0) is 10.2 Å². The summed E-state index contributed by atoms with van der Waals surface area (Å²) in [6, 6.07) is 11.0. The van der Waals surface area contributed by atoms with Crippen molar-refractivity contribution in [2.75, 3.05) is 13.1 Å². The SMILES string of the molecule is Cc1cc(-c2[nH]c3ccc(C(C)(C)C(=O)NCC4CCCCN4)cc3c2C(C)C)ccn1. The molecule has 1 aliphatic heterocycles. The first-order valence-corrected chi connectivity index (χ1v) is 11.9. The first-order valence-electron chi connectivity index (χ1n) is 11.9. The highest BCUT2D eigenvalue weighted by Crippen LogP contribution is 2.37. The number of amides is 1. The van der Waals surface area contributed by atoms with Gasteiger partial charge in [0.15, 0.2) is 0 Å². The van der Waals surface area contributed by atoms with Crippen LogP contribution in [0.2, 0.25) is 0 Å². The summed E-state index contributed by atoms with van der Waals surface area (Å²) in [6.45, 7) is 12.2. The minimum Gasteiger partial charge on any atom is -0.354 e. The maximum Gasteiger partial charge on any atom is 0.230 e. The average Bonchev–Trinajstić information content (AvgIpc) is 3.17. The molecule has 5 nitrogen and oxygen atoms in total. The lowest BCUT2D eigenvalue weighted by molar-refractivity contribution is -0.125. The van der Waals surface area contributed by atoms with E-state index in [-0.39, 0.29) is 5.91 Å². The van der Waals surface area contributed by atoms with Crippen LogP contribution in [0.4, 0.5) is 0 Å². The molecule has 3 heterocycles. The number of hydrogen-bond donors (Lipinski definition) is 3. The molecule has 0 saturated carbocycles. The average molecular weight is 433 g/mol. The van der Waals surface area contributed by atoms with E-state index in [0.29, 0.717) is 18.5 Å². The molecule has 4 rings (SSSR count). The van der Waals surface area contributed by atoms with Crippen molar-refractivity contribution in [3.05, 3.63) is 53.3 Å². The van der Waals surface area contributed by atoms with Crippen LogP contribution in [0.5, 0.6) is 0 Å². The van der Waals surface area contributed by atoms with Crippen LogP contribution in [0, 0.1) is 6.92 Å². The molecule has 0 spiro atoms. The third-order valence-electron chi connectivity index (χ3n) is 6.81. The predicted molar refractivity (Wildman–Crippen MR) is 132 cm³/mol. The van der Waals surface area contributed by atoms with Gasteiger partial charge in [-0.2, -0.15) is 0 Å². The van der Waals surface area contributed by atoms with Crippen molar-refractivity contribution in [1.82, 2.24) is 20.6 Å². The number of hydrogen-bond acceptors (Lipinski definition) is 3. The van der Waals surface area contributed by atoms with Gasteiger partial charge in [-0.15, -0.1) is 0 Å². The number of aryl methyl sites for hydroxylation is 1. The number of benzene rings is 1. The zero-order chi connectivity index (χ0) is 22.9. The van der Waals surface area contributed by atoms with Crippen molar-refractivity contribution in [2.24, 2.45) is 0 Å². The Morgan fingerprint density at radius 1 is 1.22 bits per heavy atom. The molecule has 1 amide bonds. The number of aromatic amines is 1. The third kappa shape index (κ3) is 4.44. The fourth-order valence-corrected chi connectivity index (χ4v) is 4.80. The molecular weight excluding hydrogens is 396 g/mol. The van der Waals surface area contributed by atoms with Crippen LogP contribution in [0.3, 0.4) is 0 Å². The van der Waals surface area contributed by atoms with Crippen molar-refractivity contribution in [3.63, 3.8) is 0 Å². The molecule has 2 aromatic heterocycles. The van der Waals surface area contributed by atoms with E-state index in [1.807, 2.05) is 27.0 Å². The van der Waals surface area contributed by atoms with Crippen LogP contribution in [-0.4, -0.2) is 35.0 Å². The molecule has 1 atom stereocenters. The topological polar surface area (TPSA) is 69.8 Å². The summed E-state index contributed by atoms with van der Waals surface area (Å²) < 4.78 is 0. The number of aromatic nitrogens is 2. The van der Waals surface area contributed by atoms with Crippen molar-refractivity contribution in [1.29, 1.82) is 0 Å². The number of H-pyrrole nitrogens is 1. The Balaban J connectivity index is 1.66. The zero-order valence-corrected chi connectivity index (χ0v) is 20.0. The van der Waals surface area contributed by atoms with Crippen LogP contribution in [0.25, 0.3) is 22.2 Å². The smallest absolute Gasteiger partial charge is 0.230 e. The summed E-state index contributed by atoms with van der Waals surface area (Å²) in [5.74, 6) is 0.424. The Kier molecular flexibility index (Phi) is 6.38. The van der Waals surface area contributed by atoms with Gasteiger partial charge in [0.1, 0.15) is 0 Å². The van der Waals surface area contributed by atoms with Gasteiger partial charge < -0.3 is 15.6 Å². The zero-order valence-electron chi connectivity index (χ0n) is 20.0. The molecule has 0 radical (unpaired) electrons. The molecule has 32 heavy (non-hydrogen) atoms. The van der Waals surface area contributed by atoms with Gasteiger partial charge in [-0.3, -0.25) is 9.78 Å². The highest BCUT2D eigenvalue weighted by atomic mass is 16.2. The number of piperidine rings is 1. The molecule has 3 N–H and O–H groups in total. The standard InChI is InChI=1S/C27H36N4O/c1-17(2)24-22-15-20(27(4,5)26(32)30-16-21-8-6-7-12-29-21)9-10-23(22)31-25(24)19-11-13-28-18(3)14-19/h9-11,13-15,17,21,29,31H,6-8,12,16H2,1-5H3,(H,30,32). The van der Waals surface area contributed by atoms with Gasteiger partial charge in [-0.1, -0.05) is 26.3 Å². The summed E-state index contributed by atoms with van der Waals surface area (Å²) in [5.41, 5.74) is 6.11. The first kappa shape index (κ1) is 22.5. The van der Waals surface area contributed by atoms with Gasteiger partial charge in [0, 0.05) is 40.9 Å². The number of carbonyl (C=O) groups excluding carboxylic acids is 1. The largest absolute Gasteiger partial charge is 0.354 e. The molecule has 1 saturated heterocycles. The summed E-state index contributed by atoms with van der Waals surface area (Å²) in [4.78, 5) is 21.1. The fraction of sp³-hybridized carbons (Fsp3) is 0.481. The van der Waals surface area contributed by atoms with E-state index in [0.717, 1.165) is 41.0 Å². The molecular formula is C27H36N4O. The summed E-state index contributed by atoms with van der Waals surface area (Å²) in [5, 5.41) is 7.90. The Morgan fingerprint density at radius 3 is 2.72 bits per heavy atom. The van der Waals surface area contributed by atoms with Crippen molar-refractivity contribution in [3.8, 4) is 11.3 Å². The van der Waals surface area contributed by atoms with E-state index in [1.54, 1.807) is 0 Å². The van der Waals surface area contributed by atoms with Gasteiger partial charge in [0.05, 0.1) is 11.1 Å². The van der Waals surface area contributed by atoms with E-state index in [9.17, 15) is 4.79 Å². The molecule has 3 aromatic rings. The minimum absolute atomic E-state index is 0.0795. The summed E-state index contributed by atoms with van der Waals surface area (Å²) >= 11 is 0. The van der Waals surface area contributed by atoms with E-state index in [1.165, 1.54) is 23.8 Å². The van der Waals surface area contributed by atoms with Crippen molar-refractivity contribution < 1.29 is 4.79 Å². The monoisotopic (exact) mass is 432 g/mol. The second kappa shape index (κ2) is 9.07. The fourth-order valence-electron chi connectivity index (χ4n) is 4.80. The van der Waals surface area contributed by atoms with Crippen LogP contribution >= 0.6 is 0 Å². The van der Waals surface area contributed by atoms with Gasteiger partial charge in [0.25, 0.3) is 0 Å². The number of rotatable bonds is 6.